The number of hydrogen-bond donors (Lipinski definition) is 2. The van der Waals surface area contributed by atoms with E-state index in [4.69, 9.17) is 4.74 Å². The van der Waals surface area contributed by atoms with Crippen molar-refractivity contribution in [2.75, 3.05) is 33.8 Å². The van der Waals surface area contributed by atoms with Crippen molar-refractivity contribution in [3.63, 3.8) is 0 Å². The maximum absolute atomic E-state index is 11.5. The highest BCUT2D eigenvalue weighted by Crippen LogP contribution is 2.21. The number of benzene rings is 1. The Hall–Kier alpha value is -1.07. The first-order valence-corrected chi connectivity index (χ1v) is 6.73. The molecule has 1 aromatic carbocycles. The first-order chi connectivity index (χ1) is 8.49. The van der Waals surface area contributed by atoms with E-state index < -0.39 is 0 Å². The van der Waals surface area contributed by atoms with Crippen LogP contribution < -0.4 is 15.0 Å². The second-order valence-electron chi connectivity index (χ2n) is 4.51. The third-order valence-corrected chi connectivity index (χ3v) is 2.94. The summed E-state index contributed by atoms with van der Waals surface area (Å²) in [7, 11) is 4.10. The van der Waals surface area contributed by atoms with Crippen LogP contribution >= 0.6 is 15.9 Å². The van der Waals surface area contributed by atoms with Gasteiger partial charge in [0.05, 0.1) is 27.2 Å². The zero-order valence-electron chi connectivity index (χ0n) is 11.0. The van der Waals surface area contributed by atoms with Gasteiger partial charge >= 0.3 is 0 Å². The first-order valence-electron chi connectivity index (χ1n) is 5.93. The number of hydrogen-bond acceptors (Lipinski definition) is 2. The zero-order valence-corrected chi connectivity index (χ0v) is 12.6. The Kier molecular flexibility index (Phi) is 6.15. The maximum Gasteiger partial charge on any atom is 0.258 e. The molecule has 0 aliphatic rings. The van der Waals surface area contributed by atoms with Crippen molar-refractivity contribution in [1.82, 2.24) is 5.32 Å². The number of carbonyl (C=O) groups excluding carboxylic acids is 1. The molecule has 0 aliphatic carbocycles. The smallest absolute Gasteiger partial charge is 0.258 e. The van der Waals surface area contributed by atoms with Crippen LogP contribution in [0.5, 0.6) is 5.75 Å². The Morgan fingerprint density at radius 2 is 2.17 bits per heavy atom. The van der Waals surface area contributed by atoms with Gasteiger partial charge in [-0.05, 0) is 30.7 Å². The number of halogens is 1. The molecule has 18 heavy (non-hydrogen) atoms. The van der Waals surface area contributed by atoms with Gasteiger partial charge in [0.15, 0.2) is 6.61 Å². The van der Waals surface area contributed by atoms with E-state index in [1.54, 1.807) is 0 Å². The first kappa shape index (κ1) is 15.0. The molecule has 0 spiro atoms. The van der Waals surface area contributed by atoms with Crippen molar-refractivity contribution in [2.24, 2.45) is 0 Å². The minimum atomic E-state index is -0.0847. The number of amides is 1. The Morgan fingerprint density at radius 3 is 2.78 bits per heavy atom. The van der Waals surface area contributed by atoms with Crippen LogP contribution in [0.1, 0.15) is 5.56 Å². The Morgan fingerprint density at radius 1 is 1.44 bits per heavy atom. The van der Waals surface area contributed by atoms with Crippen LogP contribution in [0, 0.1) is 6.92 Å². The van der Waals surface area contributed by atoms with Crippen molar-refractivity contribution in [1.29, 1.82) is 0 Å². The maximum atomic E-state index is 11.5. The number of likely N-dealkylation sites (N-methyl/N-ethyl adjacent to an activating group) is 1. The van der Waals surface area contributed by atoms with E-state index >= 15 is 0 Å². The number of ether oxygens (including phenoxy) is 1. The van der Waals surface area contributed by atoms with Gasteiger partial charge in [-0.25, -0.2) is 0 Å². The van der Waals surface area contributed by atoms with Gasteiger partial charge in [0.2, 0.25) is 0 Å². The van der Waals surface area contributed by atoms with Gasteiger partial charge in [-0.1, -0.05) is 15.9 Å². The molecule has 0 aromatic heterocycles. The van der Waals surface area contributed by atoms with Gasteiger partial charge < -0.3 is 15.0 Å². The van der Waals surface area contributed by atoms with Gasteiger partial charge in [-0.2, -0.15) is 0 Å². The minimum absolute atomic E-state index is 0.0607. The summed E-state index contributed by atoms with van der Waals surface area (Å²) in [5.41, 5.74) is 1.01. The monoisotopic (exact) mass is 315 g/mol. The molecule has 4 nitrogen and oxygen atoms in total. The molecule has 1 amide bonds. The lowest BCUT2D eigenvalue weighted by Crippen LogP contribution is -3.06. The summed E-state index contributed by atoms with van der Waals surface area (Å²) in [5.74, 6) is 0.658. The average molecular weight is 316 g/mol. The molecular weight excluding hydrogens is 296 g/mol. The molecule has 0 radical (unpaired) electrons. The molecule has 0 fully saturated rings. The highest BCUT2D eigenvalue weighted by atomic mass is 79.9. The summed E-state index contributed by atoms with van der Waals surface area (Å²) in [4.78, 5) is 12.8. The van der Waals surface area contributed by atoms with E-state index in [-0.39, 0.29) is 12.5 Å². The second kappa shape index (κ2) is 7.38. The average Bonchev–Trinajstić information content (AvgIpc) is 2.27. The second-order valence-corrected chi connectivity index (χ2v) is 5.42. The summed E-state index contributed by atoms with van der Waals surface area (Å²) < 4.78 is 6.48. The van der Waals surface area contributed by atoms with Gasteiger partial charge in [0.1, 0.15) is 5.75 Å². The molecule has 2 N–H and O–H groups in total. The van der Waals surface area contributed by atoms with Crippen molar-refractivity contribution in [3.05, 3.63) is 28.2 Å². The standard InChI is InChI=1S/C13H19BrN2O2/c1-10-8-11(14)4-5-12(10)18-9-13(17)15-6-7-16(2)3/h4-5,8H,6-7,9H2,1-3H3,(H,15,17)/p+1. The lowest BCUT2D eigenvalue weighted by atomic mass is 10.2. The Balaban J connectivity index is 2.33. The molecule has 100 valence electrons. The minimum Gasteiger partial charge on any atom is -0.484 e. The van der Waals surface area contributed by atoms with E-state index in [1.165, 1.54) is 4.90 Å². The van der Waals surface area contributed by atoms with Gasteiger partial charge in [-0.15, -0.1) is 0 Å². The van der Waals surface area contributed by atoms with Gasteiger partial charge in [0.25, 0.3) is 5.91 Å². The van der Waals surface area contributed by atoms with Crippen LogP contribution in [0.2, 0.25) is 0 Å². The molecule has 5 heteroatoms. The summed E-state index contributed by atoms with van der Waals surface area (Å²) in [6, 6.07) is 5.72. The van der Waals surface area contributed by atoms with E-state index in [1.807, 2.05) is 39.2 Å². The van der Waals surface area contributed by atoms with E-state index in [0.717, 1.165) is 22.3 Å². The lowest BCUT2D eigenvalue weighted by molar-refractivity contribution is -0.856. The molecule has 0 aliphatic heterocycles. The lowest BCUT2D eigenvalue weighted by Gasteiger charge is -2.11. The number of carbonyl (C=O) groups is 1. The quantitative estimate of drug-likeness (QED) is 0.798. The number of rotatable bonds is 6. The third-order valence-electron chi connectivity index (χ3n) is 2.44. The molecular formula is C13H20BrN2O2+. The van der Waals surface area contributed by atoms with Crippen LogP contribution in [-0.2, 0) is 4.79 Å². The largest absolute Gasteiger partial charge is 0.484 e. The van der Waals surface area contributed by atoms with Gasteiger partial charge in [-0.3, -0.25) is 4.79 Å². The molecule has 0 bridgehead atoms. The Bertz CT molecular complexity index is 408. The number of aryl methyl sites for hydroxylation is 1. The molecule has 1 aromatic rings. The third kappa shape index (κ3) is 5.51. The van der Waals surface area contributed by atoms with Crippen LogP contribution in [0.15, 0.2) is 22.7 Å². The highest BCUT2D eigenvalue weighted by Gasteiger charge is 2.05. The predicted octanol–water partition coefficient (Wildman–Crippen LogP) is 0.397. The van der Waals surface area contributed by atoms with Crippen molar-refractivity contribution >= 4 is 21.8 Å². The molecule has 1 rings (SSSR count). The van der Waals surface area contributed by atoms with Crippen LogP contribution in [0.3, 0.4) is 0 Å². The summed E-state index contributed by atoms with van der Waals surface area (Å²) in [6.45, 7) is 3.59. The van der Waals surface area contributed by atoms with Crippen molar-refractivity contribution < 1.29 is 14.4 Å². The van der Waals surface area contributed by atoms with Crippen LogP contribution in [0.25, 0.3) is 0 Å². The molecule has 0 unspecified atom stereocenters. The highest BCUT2D eigenvalue weighted by molar-refractivity contribution is 9.10. The van der Waals surface area contributed by atoms with Crippen LogP contribution in [-0.4, -0.2) is 39.7 Å². The topological polar surface area (TPSA) is 42.8 Å². The predicted molar refractivity (Wildman–Crippen MR) is 75.1 cm³/mol. The molecule has 0 heterocycles. The zero-order chi connectivity index (χ0) is 13.5. The summed E-state index contributed by atoms with van der Waals surface area (Å²) >= 11 is 3.39. The normalized spacial score (nSPS) is 10.5. The van der Waals surface area contributed by atoms with E-state index in [0.29, 0.717) is 6.54 Å². The molecule has 0 saturated heterocycles. The fraction of sp³-hybridized carbons (Fsp3) is 0.462. The molecule has 0 atom stereocenters. The summed E-state index contributed by atoms with van der Waals surface area (Å²) in [6.07, 6.45) is 0. The van der Waals surface area contributed by atoms with Crippen molar-refractivity contribution in [3.8, 4) is 5.75 Å². The van der Waals surface area contributed by atoms with E-state index in [2.05, 4.69) is 21.2 Å². The van der Waals surface area contributed by atoms with Crippen molar-refractivity contribution in [2.45, 2.75) is 6.92 Å². The summed E-state index contributed by atoms with van der Waals surface area (Å²) in [5, 5.41) is 2.82. The van der Waals surface area contributed by atoms with Gasteiger partial charge in [0, 0.05) is 4.47 Å². The van der Waals surface area contributed by atoms with E-state index in [9.17, 15) is 4.79 Å². The SMILES string of the molecule is Cc1cc(Br)ccc1OCC(=O)NCC[NH+](C)C. The number of nitrogens with one attached hydrogen (secondary N) is 2. The van der Waals surface area contributed by atoms with Crippen LogP contribution in [0.4, 0.5) is 0 Å². The fourth-order valence-corrected chi connectivity index (χ4v) is 1.90. The number of quaternary nitrogens is 1. The molecule has 0 saturated carbocycles. The fourth-order valence-electron chi connectivity index (χ4n) is 1.42. The Labute approximate surface area is 116 Å².